The zero-order valence-corrected chi connectivity index (χ0v) is 12.4. The standard InChI is InChI=1S/C13H22N2O.2ClH/c1-2-3-4-13(16)15-7-5-11-9-14-10-12(11)6-8-15;;/h2,11-12,14H,1,3-10H2;2*1H/t11-,12+;;. The van der Waals surface area contributed by atoms with Crippen LogP contribution in [0.5, 0.6) is 0 Å². The maximum atomic E-state index is 11.9. The van der Waals surface area contributed by atoms with Crippen LogP contribution in [0.4, 0.5) is 0 Å². The zero-order valence-electron chi connectivity index (χ0n) is 10.8. The van der Waals surface area contributed by atoms with E-state index >= 15 is 0 Å². The summed E-state index contributed by atoms with van der Waals surface area (Å²) in [7, 11) is 0. The molecule has 1 amide bonds. The molecule has 1 N–H and O–H groups in total. The van der Waals surface area contributed by atoms with Gasteiger partial charge in [0.15, 0.2) is 0 Å². The molecular weight excluding hydrogens is 271 g/mol. The van der Waals surface area contributed by atoms with Gasteiger partial charge in [0, 0.05) is 19.5 Å². The van der Waals surface area contributed by atoms with Gasteiger partial charge in [-0.15, -0.1) is 31.4 Å². The first-order valence-corrected chi connectivity index (χ1v) is 6.40. The number of fused-ring (bicyclic) bond motifs is 1. The molecule has 0 radical (unpaired) electrons. The maximum Gasteiger partial charge on any atom is 0.222 e. The summed E-state index contributed by atoms with van der Waals surface area (Å²) in [5.74, 6) is 1.92. The molecule has 2 heterocycles. The van der Waals surface area contributed by atoms with Crippen LogP contribution in [0.3, 0.4) is 0 Å². The number of hydrogen-bond acceptors (Lipinski definition) is 2. The quantitative estimate of drug-likeness (QED) is 0.810. The third-order valence-electron chi connectivity index (χ3n) is 3.93. The highest BCUT2D eigenvalue weighted by molar-refractivity contribution is 5.85. The Hall–Kier alpha value is -0.250. The maximum absolute atomic E-state index is 11.9. The summed E-state index contributed by atoms with van der Waals surface area (Å²) in [6.07, 6.45) is 5.63. The molecule has 2 rings (SSSR count). The summed E-state index contributed by atoms with van der Waals surface area (Å²) in [6, 6.07) is 0. The fourth-order valence-electron chi connectivity index (χ4n) is 2.85. The molecule has 106 valence electrons. The molecule has 5 heteroatoms. The molecule has 0 spiro atoms. The number of halogens is 2. The number of rotatable bonds is 3. The van der Waals surface area contributed by atoms with Crippen molar-refractivity contribution in [2.24, 2.45) is 11.8 Å². The predicted octanol–water partition coefficient (Wildman–Crippen LogP) is 2.25. The Kier molecular flexibility index (Phi) is 8.66. The Morgan fingerprint density at radius 3 is 2.28 bits per heavy atom. The van der Waals surface area contributed by atoms with Crippen molar-refractivity contribution in [2.45, 2.75) is 25.7 Å². The van der Waals surface area contributed by atoms with Crippen LogP contribution in [0.1, 0.15) is 25.7 Å². The number of carbonyl (C=O) groups is 1. The van der Waals surface area contributed by atoms with E-state index in [1.807, 2.05) is 6.08 Å². The summed E-state index contributed by atoms with van der Waals surface area (Å²) in [4.78, 5) is 13.9. The molecule has 0 bridgehead atoms. The molecule has 18 heavy (non-hydrogen) atoms. The van der Waals surface area contributed by atoms with Crippen molar-refractivity contribution in [3.8, 4) is 0 Å². The van der Waals surface area contributed by atoms with Crippen molar-refractivity contribution in [3.05, 3.63) is 12.7 Å². The number of hydrogen-bond donors (Lipinski definition) is 1. The second-order valence-corrected chi connectivity index (χ2v) is 4.96. The smallest absolute Gasteiger partial charge is 0.222 e. The lowest BCUT2D eigenvalue weighted by Gasteiger charge is -2.20. The van der Waals surface area contributed by atoms with Crippen LogP contribution in [0, 0.1) is 11.8 Å². The summed E-state index contributed by atoms with van der Waals surface area (Å²) in [6.45, 7) is 7.88. The highest BCUT2D eigenvalue weighted by Crippen LogP contribution is 2.27. The fourth-order valence-corrected chi connectivity index (χ4v) is 2.85. The van der Waals surface area contributed by atoms with Crippen LogP contribution in [0.2, 0.25) is 0 Å². The first-order valence-electron chi connectivity index (χ1n) is 6.40. The minimum atomic E-state index is 0. The molecular formula is C13H24Cl2N2O. The van der Waals surface area contributed by atoms with Crippen LogP contribution in [0.25, 0.3) is 0 Å². The van der Waals surface area contributed by atoms with Gasteiger partial charge in [-0.1, -0.05) is 6.08 Å². The van der Waals surface area contributed by atoms with Crippen molar-refractivity contribution in [1.82, 2.24) is 10.2 Å². The van der Waals surface area contributed by atoms with Crippen molar-refractivity contribution in [1.29, 1.82) is 0 Å². The highest BCUT2D eigenvalue weighted by Gasteiger charge is 2.31. The van der Waals surface area contributed by atoms with E-state index in [-0.39, 0.29) is 24.8 Å². The molecule has 0 aromatic rings. The third-order valence-corrected chi connectivity index (χ3v) is 3.93. The molecule has 0 aromatic heterocycles. The van der Waals surface area contributed by atoms with Gasteiger partial charge >= 0.3 is 0 Å². The zero-order chi connectivity index (χ0) is 11.4. The minimum absolute atomic E-state index is 0. The Balaban J connectivity index is 0.00000144. The first kappa shape index (κ1) is 17.8. The number of nitrogens with one attached hydrogen (secondary N) is 1. The van der Waals surface area contributed by atoms with Crippen LogP contribution in [0.15, 0.2) is 12.7 Å². The third kappa shape index (κ3) is 4.45. The lowest BCUT2D eigenvalue weighted by molar-refractivity contribution is -0.131. The normalized spacial score (nSPS) is 26.3. The van der Waals surface area contributed by atoms with Crippen molar-refractivity contribution in [3.63, 3.8) is 0 Å². The van der Waals surface area contributed by atoms with Gasteiger partial charge in [-0.2, -0.15) is 0 Å². The molecule has 0 aliphatic carbocycles. The fraction of sp³-hybridized carbons (Fsp3) is 0.769. The molecule has 0 unspecified atom stereocenters. The number of amides is 1. The molecule has 3 nitrogen and oxygen atoms in total. The van der Waals surface area contributed by atoms with E-state index in [1.54, 1.807) is 0 Å². The molecule has 2 aliphatic rings. The van der Waals surface area contributed by atoms with E-state index in [2.05, 4.69) is 16.8 Å². The van der Waals surface area contributed by atoms with E-state index in [4.69, 9.17) is 0 Å². The SMILES string of the molecule is C=CCCC(=O)N1CC[C@@H]2CNC[C@@H]2CC1.Cl.Cl. The Bertz CT molecular complexity index is 260. The summed E-state index contributed by atoms with van der Waals surface area (Å²) in [5.41, 5.74) is 0. The number of carbonyl (C=O) groups excluding carboxylic acids is 1. The molecule has 2 saturated heterocycles. The van der Waals surface area contributed by atoms with Gasteiger partial charge in [0.2, 0.25) is 5.91 Å². The van der Waals surface area contributed by atoms with Gasteiger partial charge in [-0.25, -0.2) is 0 Å². The molecule has 0 aromatic carbocycles. The Morgan fingerprint density at radius 2 is 1.78 bits per heavy atom. The topological polar surface area (TPSA) is 32.3 Å². The van der Waals surface area contributed by atoms with Gasteiger partial charge in [0.1, 0.15) is 0 Å². The van der Waals surface area contributed by atoms with Gasteiger partial charge < -0.3 is 10.2 Å². The van der Waals surface area contributed by atoms with E-state index in [0.29, 0.717) is 12.3 Å². The monoisotopic (exact) mass is 294 g/mol. The Labute approximate surface area is 122 Å². The average molecular weight is 295 g/mol. The molecule has 2 aliphatic heterocycles. The van der Waals surface area contributed by atoms with E-state index in [0.717, 1.165) is 44.4 Å². The number of allylic oxidation sites excluding steroid dienone is 1. The number of nitrogens with zero attached hydrogens (tertiary/aromatic N) is 1. The van der Waals surface area contributed by atoms with Crippen LogP contribution < -0.4 is 5.32 Å². The largest absolute Gasteiger partial charge is 0.343 e. The number of likely N-dealkylation sites (tertiary alicyclic amines) is 1. The van der Waals surface area contributed by atoms with Crippen molar-refractivity contribution in [2.75, 3.05) is 26.2 Å². The molecule has 2 fully saturated rings. The highest BCUT2D eigenvalue weighted by atomic mass is 35.5. The van der Waals surface area contributed by atoms with Crippen LogP contribution in [-0.2, 0) is 4.79 Å². The van der Waals surface area contributed by atoms with E-state index in [9.17, 15) is 4.79 Å². The average Bonchev–Trinajstić information content (AvgIpc) is 2.65. The second-order valence-electron chi connectivity index (χ2n) is 4.96. The van der Waals surface area contributed by atoms with Gasteiger partial charge in [-0.3, -0.25) is 4.79 Å². The Morgan fingerprint density at radius 1 is 1.22 bits per heavy atom. The van der Waals surface area contributed by atoms with Crippen LogP contribution >= 0.6 is 24.8 Å². The second kappa shape index (κ2) is 8.78. The predicted molar refractivity (Wildman–Crippen MR) is 79.6 cm³/mol. The van der Waals surface area contributed by atoms with Crippen molar-refractivity contribution < 1.29 is 4.79 Å². The summed E-state index contributed by atoms with van der Waals surface area (Å²) in [5, 5.41) is 3.45. The summed E-state index contributed by atoms with van der Waals surface area (Å²) >= 11 is 0. The van der Waals surface area contributed by atoms with Crippen LogP contribution in [-0.4, -0.2) is 37.0 Å². The van der Waals surface area contributed by atoms with Crippen molar-refractivity contribution >= 4 is 30.7 Å². The minimum Gasteiger partial charge on any atom is -0.343 e. The van der Waals surface area contributed by atoms with Gasteiger partial charge in [0.05, 0.1) is 0 Å². The van der Waals surface area contributed by atoms with Gasteiger partial charge in [-0.05, 0) is 44.2 Å². The summed E-state index contributed by atoms with van der Waals surface area (Å²) < 4.78 is 0. The lowest BCUT2D eigenvalue weighted by Crippen LogP contribution is -2.32. The van der Waals surface area contributed by atoms with E-state index < -0.39 is 0 Å². The van der Waals surface area contributed by atoms with E-state index in [1.165, 1.54) is 12.8 Å². The molecule has 2 atom stereocenters. The lowest BCUT2D eigenvalue weighted by atomic mass is 9.92. The van der Waals surface area contributed by atoms with Gasteiger partial charge in [0.25, 0.3) is 0 Å². The first-order chi connectivity index (χ1) is 7.81. The molecule has 0 saturated carbocycles.